The highest BCUT2D eigenvalue weighted by molar-refractivity contribution is 9.10. The smallest absolute Gasteiger partial charge is 0.311 e. The maximum absolute atomic E-state index is 12.3. The standard InChI is InChI=1S/C14H15BrN4O2/c1-18-5-7-19(8-6-18)14(20)13-17-16-12(21-13)10-3-2-4-11(15)9-10/h2-4,9H,5-8H2,1H3. The van der Waals surface area contributed by atoms with E-state index < -0.39 is 0 Å². The molecule has 1 aromatic heterocycles. The Labute approximate surface area is 130 Å². The van der Waals surface area contributed by atoms with Crippen molar-refractivity contribution in [3.05, 3.63) is 34.6 Å². The number of aromatic nitrogens is 2. The summed E-state index contributed by atoms with van der Waals surface area (Å²) in [7, 11) is 2.04. The Hall–Kier alpha value is -1.73. The third-order valence-corrected chi connectivity index (χ3v) is 3.96. The van der Waals surface area contributed by atoms with Crippen LogP contribution in [0.5, 0.6) is 0 Å². The Balaban J connectivity index is 1.77. The molecule has 1 saturated heterocycles. The monoisotopic (exact) mass is 350 g/mol. The molecule has 21 heavy (non-hydrogen) atoms. The van der Waals surface area contributed by atoms with Gasteiger partial charge in [0.25, 0.3) is 0 Å². The van der Waals surface area contributed by atoms with Gasteiger partial charge in [0.2, 0.25) is 5.89 Å². The third kappa shape index (κ3) is 3.14. The van der Waals surface area contributed by atoms with Gasteiger partial charge in [-0.15, -0.1) is 10.2 Å². The fourth-order valence-corrected chi connectivity index (χ4v) is 2.59. The highest BCUT2D eigenvalue weighted by Gasteiger charge is 2.25. The van der Waals surface area contributed by atoms with Gasteiger partial charge in [0.05, 0.1) is 0 Å². The lowest BCUT2D eigenvalue weighted by molar-refractivity contribution is 0.0625. The van der Waals surface area contributed by atoms with Crippen LogP contribution in [-0.2, 0) is 0 Å². The summed E-state index contributed by atoms with van der Waals surface area (Å²) >= 11 is 3.39. The van der Waals surface area contributed by atoms with Crippen molar-refractivity contribution in [1.82, 2.24) is 20.0 Å². The molecule has 6 nitrogen and oxygen atoms in total. The van der Waals surface area contributed by atoms with E-state index in [1.165, 1.54) is 0 Å². The largest absolute Gasteiger partial charge is 0.412 e. The lowest BCUT2D eigenvalue weighted by atomic mass is 10.2. The Bertz CT molecular complexity index is 650. The normalized spacial score (nSPS) is 16.2. The molecule has 1 aromatic carbocycles. The molecule has 1 amide bonds. The molecule has 0 saturated carbocycles. The van der Waals surface area contributed by atoms with Gasteiger partial charge < -0.3 is 14.2 Å². The molecule has 3 rings (SSSR count). The molecule has 0 bridgehead atoms. The predicted octanol–water partition coefficient (Wildman–Crippen LogP) is 1.89. The number of piperazine rings is 1. The SMILES string of the molecule is CN1CCN(C(=O)c2nnc(-c3cccc(Br)c3)o2)CC1. The molecule has 1 aliphatic rings. The summed E-state index contributed by atoms with van der Waals surface area (Å²) < 4.78 is 6.44. The number of hydrogen-bond donors (Lipinski definition) is 0. The van der Waals surface area contributed by atoms with Crippen LogP contribution < -0.4 is 0 Å². The average Bonchev–Trinajstić information content (AvgIpc) is 2.97. The zero-order chi connectivity index (χ0) is 14.8. The zero-order valence-electron chi connectivity index (χ0n) is 11.6. The Kier molecular flexibility index (Phi) is 4.03. The number of amides is 1. The molecule has 0 spiro atoms. The number of benzene rings is 1. The fourth-order valence-electron chi connectivity index (χ4n) is 2.19. The molecule has 1 fully saturated rings. The van der Waals surface area contributed by atoms with Gasteiger partial charge >= 0.3 is 11.8 Å². The molecule has 2 heterocycles. The average molecular weight is 351 g/mol. The number of likely N-dealkylation sites (N-methyl/N-ethyl adjacent to an activating group) is 1. The van der Waals surface area contributed by atoms with Crippen LogP contribution in [0.1, 0.15) is 10.7 Å². The molecule has 1 aliphatic heterocycles. The van der Waals surface area contributed by atoms with E-state index >= 15 is 0 Å². The first-order valence-electron chi connectivity index (χ1n) is 6.71. The summed E-state index contributed by atoms with van der Waals surface area (Å²) in [6.45, 7) is 3.09. The van der Waals surface area contributed by atoms with Crippen LogP contribution in [0.2, 0.25) is 0 Å². The van der Waals surface area contributed by atoms with Crippen molar-refractivity contribution in [3.63, 3.8) is 0 Å². The summed E-state index contributed by atoms with van der Waals surface area (Å²) in [6, 6.07) is 7.53. The second-order valence-corrected chi connectivity index (χ2v) is 5.93. The van der Waals surface area contributed by atoms with Crippen LogP contribution in [0.15, 0.2) is 33.2 Å². The van der Waals surface area contributed by atoms with E-state index in [-0.39, 0.29) is 11.8 Å². The topological polar surface area (TPSA) is 62.5 Å². The highest BCUT2D eigenvalue weighted by Crippen LogP contribution is 2.22. The van der Waals surface area contributed by atoms with Gasteiger partial charge in [-0.25, -0.2) is 0 Å². The summed E-state index contributed by atoms with van der Waals surface area (Å²) in [5.74, 6) is 0.208. The van der Waals surface area contributed by atoms with E-state index in [2.05, 4.69) is 31.0 Å². The molecule has 0 atom stereocenters. The van der Waals surface area contributed by atoms with Crippen molar-refractivity contribution in [1.29, 1.82) is 0 Å². The van der Waals surface area contributed by atoms with Crippen molar-refractivity contribution in [2.45, 2.75) is 0 Å². The van der Waals surface area contributed by atoms with Crippen LogP contribution in [0.4, 0.5) is 0 Å². The molecule has 0 radical (unpaired) electrons. The molecule has 0 unspecified atom stereocenters. The first-order chi connectivity index (χ1) is 10.1. The Morgan fingerprint density at radius 3 is 2.71 bits per heavy atom. The van der Waals surface area contributed by atoms with Gasteiger partial charge in [0.15, 0.2) is 0 Å². The van der Waals surface area contributed by atoms with E-state index in [1.54, 1.807) is 4.90 Å². The van der Waals surface area contributed by atoms with Crippen LogP contribution >= 0.6 is 15.9 Å². The van der Waals surface area contributed by atoms with Crippen LogP contribution in [0.3, 0.4) is 0 Å². The van der Waals surface area contributed by atoms with E-state index in [0.29, 0.717) is 19.0 Å². The number of carbonyl (C=O) groups is 1. The van der Waals surface area contributed by atoms with E-state index in [0.717, 1.165) is 23.1 Å². The molecule has 110 valence electrons. The van der Waals surface area contributed by atoms with Gasteiger partial charge in [-0.2, -0.15) is 0 Å². The van der Waals surface area contributed by atoms with Crippen LogP contribution in [0, 0.1) is 0 Å². The Morgan fingerprint density at radius 2 is 2.00 bits per heavy atom. The summed E-state index contributed by atoms with van der Waals surface area (Å²) in [5, 5.41) is 7.84. The zero-order valence-corrected chi connectivity index (χ0v) is 13.2. The predicted molar refractivity (Wildman–Crippen MR) is 80.8 cm³/mol. The van der Waals surface area contributed by atoms with Gasteiger partial charge in [0, 0.05) is 36.2 Å². The maximum Gasteiger partial charge on any atom is 0.311 e. The van der Waals surface area contributed by atoms with Crippen molar-refractivity contribution in [2.75, 3.05) is 33.2 Å². The van der Waals surface area contributed by atoms with Crippen molar-refractivity contribution in [3.8, 4) is 11.5 Å². The quantitative estimate of drug-likeness (QED) is 0.827. The third-order valence-electron chi connectivity index (χ3n) is 3.47. The minimum atomic E-state index is -0.197. The second-order valence-electron chi connectivity index (χ2n) is 5.02. The number of nitrogens with zero attached hydrogens (tertiary/aromatic N) is 4. The highest BCUT2D eigenvalue weighted by atomic mass is 79.9. The summed E-state index contributed by atoms with van der Waals surface area (Å²) in [5.41, 5.74) is 0.786. The molecular weight excluding hydrogens is 336 g/mol. The minimum Gasteiger partial charge on any atom is -0.412 e. The van der Waals surface area contributed by atoms with Gasteiger partial charge in [0.1, 0.15) is 0 Å². The first kappa shape index (κ1) is 14.2. The van der Waals surface area contributed by atoms with Gasteiger partial charge in [-0.3, -0.25) is 4.79 Å². The van der Waals surface area contributed by atoms with E-state index in [4.69, 9.17) is 4.42 Å². The number of carbonyl (C=O) groups excluding carboxylic acids is 1. The molecule has 0 N–H and O–H groups in total. The van der Waals surface area contributed by atoms with Crippen molar-refractivity contribution >= 4 is 21.8 Å². The molecule has 7 heteroatoms. The number of hydrogen-bond acceptors (Lipinski definition) is 5. The summed E-state index contributed by atoms with van der Waals surface area (Å²) in [4.78, 5) is 16.3. The lowest BCUT2D eigenvalue weighted by Gasteiger charge is -2.31. The number of rotatable bonds is 2. The Morgan fingerprint density at radius 1 is 1.24 bits per heavy atom. The van der Waals surface area contributed by atoms with Crippen LogP contribution in [0.25, 0.3) is 11.5 Å². The van der Waals surface area contributed by atoms with E-state index in [1.807, 2.05) is 31.3 Å². The van der Waals surface area contributed by atoms with Gasteiger partial charge in [-0.05, 0) is 25.2 Å². The minimum absolute atomic E-state index is 0.0505. The number of halogens is 1. The van der Waals surface area contributed by atoms with Gasteiger partial charge in [-0.1, -0.05) is 22.0 Å². The van der Waals surface area contributed by atoms with Crippen molar-refractivity contribution < 1.29 is 9.21 Å². The summed E-state index contributed by atoms with van der Waals surface area (Å²) in [6.07, 6.45) is 0. The second kappa shape index (κ2) is 5.95. The van der Waals surface area contributed by atoms with Crippen LogP contribution in [-0.4, -0.2) is 59.1 Å². The fraction of sp³-hybridized carbons (Fsp3) is 0.357. The molecular formula is C14H15BrN4O2. The molecule has 0 aliphatic carbocycles. The maximum atomic E-state index is 12.3. The van der Waals surface area contributed by atoms with Crippen molar-refractivity contribution in [2.24, 2.45) is 0 Å². The molecule has 2 aromatic rings. The lowest BCUT2D eigenvalue weighted by Crippen LogP contribution is -2.47. The van der Waals surface area contributed by atoms with E-state index in [9.17, 15) is 4.79 Å². The first-order valence-corrected chi connectivity index (χ1v) is 7.50.